The molecule has 2 aromatic carbocycles. The van der Waals surface area contributed by atoms with E-state index in [1.807, 2.05) is 24.3 Å². The lowest BCUT2D eigenvalue weighted by molar-refractivity contribution is -0.140. The first-order chi connectivity index (χ1) is 13.9. The summed E-state index contributed by atoms with van der Waals surface area (Å²) in [6.45, 7) is 0.328. The smallest absolute Gasteiger partial charge is 0.305 e. The van der Waals surface area contributed by atoms with Gasteiger partial charge in [-0.05, 0) is 41.8 Å². The molecule has 0 aromatic heterocycles. The van der Waals surface area contributed by atoms with E-state index in [0.717, 1.165) is 11.1 Å². The summed E-state index contributed by atoms with van der Waals surface area (Å²) in [6.07, 6.45) is 0.885. The summed E-state index contributed by atoms with van der Waals surface area (Å²) in [5.74, 6) is 0.163. The average molecular weight is 430 g/mol. The van der Waals surface area contributed by atoms with Crippen LogP contribution in [0.1, 0.15) is 23.1 Å². The van der Waals surface area contributed by atoms with Gasteiger partial charge in [-0.3, -0.25) is 15.0 Å². The molecule has 30 heavy (non-hydrogen) atoms. The maximum absolute atomic E-state index is 13.1. The summed E-state index contributed by atoms with van der Waals surface area (Å²) in [5, 5.41) is 7.49. The molecule has 3 rings (SSSR count). The summed E-state index contributed by atoms with van der Waals surface area (Å²) in [4.78, 5) is 26.0. The lowest BCUT2D eigenvalue weighted by Crippen LogP contribution is -2.26. The molecule has 0 spiro atoms. The van der Waals surface area contributed by atoms with Gasteiger partial charge < -0.3 is 20.1 Å². The fraction of sp³-hybridized carbons (Fsp3) is 0.227. The zero-order valence-corrected chi connectivity index (χ0v) is 17.6. The number of hydrogen-bond donors (Lipinski definition) is 2. The quantitative estimate of drug-likeness (QED) is 0.400. The molecule has 8 heteroatoms. The molecule has 0 bridgehead atoms. The highest BCUT2D eigenvalue weighted by Gasteiger charge is 2.33. The van der Waals surface area contributed by atoms with Crippen molar-refractivity contribution in [1.82, 2.24) is 0 Å². The van der Waals surface area contributed by atoms with Crippen LogP contribution in [0.4, 0.5) is 5.69 Å². The molecule has 0 atom stereocenters. The summed E-state index contributed by atoms with van der Waals surface area (Å²) in [5.41, 5.74) is 9.06. The first-order valence-electron chi connectivity index (χ1n) is 9.14. The Morgan fingerprint density at radius 3 is 2.27 bits per heavy atom. The van der Waals surface area contributed by atoms with Crippen LogP contribution in [0.2, 0.25) is 0 Å². The van der Waals surface area contributed by atoms with Gasteiger partial charge >= 0.3 is 5.97 Å². The zero-order chi connectivity index (χ0) is 21.0. The number of nitrogen functional groups attached to an aromatic ring is 1. The van der Waals surface area contributed by atoms with Gasteiger partial charge in [-0.1, -0.05) is 24.3 Å². The molecular formula is C22H24ClN3O4. The van der Waals surface area contributed by atoms with Crippen molar-refractivity contribution < 1.29 is 19.1 Å². The van der Waals surface area contributed by atoms with Crippen molar-refractivity contribution in [2.75, 3.05) is 25.7 Å². The molecule has 0 unspecified atom stereocenters. The lowest BCUT2D eigenvalue weighted by atomic mass is 10.0. The van der Waals surface area contributed by atoms with E-state index in [1.54, 1.807) is 36.3 Å². The molecule has 158 valence electrons. The topological polar surface area (TPSA) is 106 Å². The van der Waals surface area contributed by atoms with Gasteiger partial charge in [0.1, 0.15) is 11.6 Å². The highest BCUT2D eigenvalue weighted by Crippen LogP contribution is 2.32. The van der Waals surface area contributed by atoms with Crippen molar-refractivity contribution in [2.24, 2.45) is 5.73 Å². The number of rotatable bonds is 7. The van der Waals surface area contributed by atoms with E-state index in [9.17, 15) is 9.59 Å². The van der Waals surface area contributed by atoms with Crippen LogP contribution >= 0.6 is 12.4 Å². The van der Waals surface area contributed by atoms with E-state index in [-0.39, 0.29) is 30.1 Å². The van der Waals surface area contributed by atoms with E-state index in [0.29, 0.717) is 42.0 Å². The second kappa shape index (κ2) is 9.93. The number of amidine groups is 1. The monoisotopic (exact) mass is 429 g/mol. The van der Waals surface area contributed by atoms with Crippen LogP contribution in [-0.4, -0.2) is 38.5 Å². The SMILES string of the molecule is COC(=O)CCc1ccc(C2=C(OC)CN(c3ccc(C(=N)N)cc3)C2=O)cc1.Cl. The lowest BCUT2D eigenvalue weighted by Gasteiger charge is -2.17. The molecule has 0 aliphatic carbocycles. The summed E-state index contributed by atoms with van der Waals surface area (Å²) < 4.78 is 10.1. The van der Waals surface area contributed by atoms with Gasteiger partial charge in [-0.15, -0.1) is 12.4 Å². The van der Waals surface area contributed by atoms with E-state index < -0.39 is 0 Å². The van der Waals surface area contributed by atoms with Gasteiger partial charge in [-0.25, -0.2) is 0 Å². The van der Waals surface area contributed by atoms with Crippen LogP contribution in [0.3, 0.4) is 0 Å². The number of anilines is 1. The molecule has 1 aliphatic rings. The number of carbonyl (C=O) groups is 2. The minimum absolute atomic E-state index is 0. The van der Waals surface area contributed by atoms with Crippen molar-refractivity contribution in [3.63, 3.8) is 0 Å². The van der Waals surface area contributed by atoms with Crippen LogP contribution < -0.4 is 10.6 Å². The van der Waals surface area contributed by atoms with Crippen molar-refractivity contribution >= 4 is 41.4 Å². The Morgan fingerprint density at radius 2 is 1.73 bits per heavy atom. The second-order valence-electron chi connectivity index (χ2n) is 6.63. The number of ether oxygens (including phenoxy) is 2. The van der Waals surface area contributed by atoms with E-state index >= 15 is 0 Å². The van der Waals surface area contributed by atoms with E-state index in [1.165, 1.54) is 7.11 Å². The van der Waals surface area contributed by atoms with Gasteiger partial charge in [0.05, 0.1) is 26.3 Å². The molecule has 1 heterocycles. The van der Waals surface area contributed by atoms with Gasteiger partial charge in [0.25, 0.3) is 5.91 Å². The van der Waals surface area contributed by atoms with Crippen LogP contribution in [0.15, 0.2) is 54.3 Å². The molecule has 0 saturated heterocycles. The summed E-state index contributed by atoms with van der Waals surface area (Å²) >= 11 is 0. The molecule has 1 aliphatic heterocycles. The number of aryl methyl sites for hydroxylation is 1. The summed E-state index contributed by atoms with van der Waals surface area (Å²) in [6, 6.07) is 14.5. The third-order valence-corrected chi connectivity index (χ3v) is 4.86. The summed E-state index contributed by atoms with van der Waals surface area (Å²) in [7, 11) is 2.92. The van der Waals surface area contributed by atoms with Crippen LogP contribution in [0, 0.1) is 5.41 Å². The number of carbonyl (C=O) groups excluding carboxylic acids is 2. The normalized spacial score (nSPS) is 13.1. The minimum Gasteiger partial charge on any atom is -0.498 e. The average Bonchev–Trinajstić information content (AvgIpc) is 3.08. The predicted molar refractivity (Wildman–Crippen MR) is 118 cm³/mol. The number of halogens is 1. The number of esters is 1. The Morgan fingerprint density at radius 1 is 1.10 bits per heavy atom. The molecular weight excluding hydrogens is 406 g/mol. The first kappa shape index (κ1) is 23.0. The maximum atomic E-state index is 13.1. The molecule has 0 saturated carbocycles. The molecule has 0 fully saturated rings. The Balaban J connectivity index is 0.00000320. The van der Waals surface area contributed by atoms with Crippen LogP contribution in [0.5, 0.6) is 0 Å². The number of hydrogen-bond acceptors (Lipinski definition) is 5. The molecule has 1 amide bonds. The number of methoxy groups -OCH3 is 2. The third-order valence-electron chi connectivity index (χ3n) is 4.86. The molecule has 2 aromatic rings. The van der Waals surface area contributed by atoms with Crippen molar-refractivity contribution in [3.8, 4) is 0 Å². The van der Waals surface area contributed by atoms with Crippen molar-refractivity contribution in [3.05, 3.63) is 71.0 Å². The van der Waals surface area contributed by atoms with Gasteiger partial charge in [0, 0.05) is 17.7 Å². The molecule has 7 nitrogen and oxygen atoms in total. The van der Waals surface area contributed by atoms with Crippen molar-refractivity contribution in [1.29, 1.82) is 5.41 Å². The van der Waals surface area contributed by atoms with E-state index in [2.05, 4.69) is 4.74 Å². The number of nitrogens with one attached hydrogen (secondary N) is 1. The number of benzene rings is 2. The van der Waals surface area contributed by atoms with Crippen LogP contribution in [-0.2, 0) is 25.5 Å². The molecule has 3 N–H and O–H groups in total. The number of nitrogens with zero attached hydrogens (tertiary/aromatic N) is 1. The van der Waals surface area contributed by atoms with Gasteiger partial charge in [-0.2, -0.15) is 0 Å². The highest BCUT2D eigenvalue weighted by molar-refractivity contribution is 6.29. The highest BCUT2D eigenvalue weighted by atomic mass is 35.5. The number of nitrogens with two attached hydrogens (primary N) is 1. The maximum Gasteiger partial charge on any atom is 0.305 e. The largest absolute Gasteiger partial charge is 0.498 e. The Hall–Kier alpha value is -3.32. The number of amides is 1. The fourth-order valence-electron chi connectivity index (χ4n) is 3.22. The van der Waals surface area contributed by atoms with E-state index in [4.69, 9.17) is 15.9 Å². The standard InChI is InChI=1S/C22H23N3O4.ClH/c1-28-18-13-25(17-10-8-16(9-11-17)21(23)24)22(27)20(18)15-6-3-14(4-7-15)5-12-19(26)29-2;/h3-4,6-11H,5,12-13H2,1-2H3,(H3,23,24);1H. The first-order valence-corrected chi connectivity index (χ1v) is 9.14. The third kappa shape index (κ3) is 4.80. The van der Waals surface area contributed by atoms with Crippen molar-refractivity contribution in [2.45, 2.75) is 12.8 Å². The molecule has 0 radical (unpaired) electrons. The zero-order valence-electron chi connectivity index (χ0n) is 16.8. The van der Waals surface area contributed by atoms with Gasteiger partial charge in [0.2, 0.25) is 0 Å². The minimum atomic E-state index is -0.254. The fourth-order valence-corrected chi connectivity index (χ4v) is 3.22. The van der Waals surface area contributed by atoms with Gasteiger partial charge in [0.15, 0.2) is 0 Å². The Bertz CT molecular complexity index is 969. The Labute approximate surface area is 181 Å². The Kier molecular flexibility index (Phi) is 7.60. The second-order valence-corrected chi connectivity index (χ2v) is 6.63. The van der Waals surface area contributed by atoms with Crippen LogP contribution in [0.25, 0.3) is 5.57 Å². The predicted octanol–water partition coefficient (Wildman–Crippen LogP) is 2.90.